The lowest BCUT2D eigenvalue weighted by Crippen LogP contribution is -2.35. The molecule has 1 fully saturated rings. The molecule has 1 amide bonds. The number of carbonyl (C=O) groups is 1. The van der Waals surface area contributed by atoms with Gasteiger partial charge in [0.05, 0.1) is 6.61 Å². The van der Waals surface area contributed by atoms with Crippen LogP contribution >= 0.6 is 0 Å². The largest absolute Gasteiger partial charge is 0.444 e. The summed E-state index contributed by atoms with van der Waals surface area (Å²) in [7, 11) is 1.77. The van der Waals surface area contributed by atoms with E-state index >= 15 is 0 Å². The highest BCUT2D eigenvalue weighted by Crippen LogP contribution is 2.30. The second-order valence-electron chi connectivity index (χ2n) is 6.22. The summed E-state index contributed by atoms with van der Waals surface area (Å²) in [5.74, 6) is 0. The van der Waals surface area contributed by atoms with Gasteiger partial charge in [0.1, 0.15) is 11.7 Å². The molecule has 2 rings (SSSR count). The summed E-state index contributed by atoms with van der Waals surface area (Å²) in [6.45, 7) is 7.08. The van der Waals surface area contributed by atoms with E-state index in [0.717, 1.165) is 13.0 Å². The molecule has 0 bridgehead atoms. The molecule has 1 heterocycles. The number of carbonyl (C=O) groups excluding carboxylic acids is 1. The van der Waals surface area contributed by atoms with Gasteiger partial charge in [-0.25, -0.2) is 4.79 Å². The summed E-state index contributed by atoms with van der Waals surface area (Å²) in [4.78, 5) is 13.5. The van der Waals surface area contributed by atoms with Gasteiger partial charge in [-0.1, -0.05) is 24.3 Å². The Labute approximate surface area is 120 Å². The van der Waals surface area contributed by atoms with Crippen LogP contribution in [0.2, 0.25) is 0 Å². The molecular weight excluding hydrogens is 254 g/mol. The molecule has 20 heavy (non-hydrogen) atoms. The van der Waals surface area contributed by atoms with E-state index in [1.165, 1.54) is 11.1 Å². The Bertz CT molecular complexity index is 475. The van der Waals surface area contributed by atoms with Gasteiger partial charge in [-0.3, -0.25) is 0 Å². The Hall–Kier alpha value is -1.55. The maximum Gasteiger partial charge on any atom is 0.410 e. The van der Waals surface area contributed by atoms with Crippen molar-refractivity contribution in [3.63, 3.8) is 0 Å². The van der Waals surface area contributed by atoms with E-state index in [-0.39, 0.29) is 12.2 Å². The third-order valence-electron chi connectivity index (χ3n) is 3.10. The minimum atomic E-state index is -0.450. The van der Waals surface area contributed by atoms with Crippen LogP contribution in [0.3, 0.4) is 0 Å². The molecule has 0 aromatic heterocycles. The Kier molecular flexibility index (Phi) is 4.33. The van der Waals surface area contributed by atoms with Crippen LogP contribution in [0.25, 0.3) is 0 Å². The number of benzene rings is 1. The number of nitrogens with zero attached hydrogens (tertiary/aromatic N) is 1. The number of ether oxygens (including phenoxy) is 2. The normalized spacial score (nSPS) is 17.7. The molecule has 1 aromatic carbocycles. The van der Waals surface area contributed by atoms with Crippen LogP contribution in [0, 0.1) is 0 Å². The first kappa shape index (κ1) is 14.9. The van der Waals surface area contributed by atoms with Gasteiger partial charge in [0.2, 0.25) is 0 Å². The fourth-order valence-electron chi connectivity index (χ4n) is 1.92. The summed E-state index contributed by atoms with van der Waals surface area (Å²) >= 11 is 0. The average molecular weight is 277 g/mol. The predicted octanol–water partition coefficient (Wildman–Crippen LogP) is 3.17. The van der Waals surface area contributed by atoms with Crippen LogP contribution in [0.15, 0.2) is 24.3 Å². The zero-order chi connectivity index (χ0) is 14.8. The van der Waals surface area contributed by atoms with Crippen LogP contribution in [-0.2, 0) is 15.9 Å². The SMILES string of the molecule is CN(CCc1cccc(C2CO2)c1)C(=O)OC(C)(C)C. The van der Waals surface area contributed by atoms with Crippen molar-refractivity contribution < 1.29 is 14.3 Å². The molecule has 4 heteroatoms. The van der Waals surface area contributed by atoms with Crippen molar-refractivity contribution in [2.24, 2.45) is 0 Å². The van der Waals surface area contributed by atoms with E-state index in [2.05, 4.69) is 18.2 Å². The minimum absolute atomic E-state index is 0.276. The topological polar surface area (TPSA) is 42.1 Å². The summed E-state index contributed by atoms with van der Waals surface area (Å²) in [6, 6.07) is 8.36. The third-order valence-corrected chi connectivity index (χ3v) is 3.10. The smallest absolute Gasteiger partial charge is 0.410 e. The van der Waals surface area contributed by atoms with Crippen molar-refractivity contribution in [1.82, 2.24) is 4.90 Å². The van der Waals surface area contributed by atoms with Crippen LogP contribution in [0.4, 0.5) is 4.79 Å². The predicted molar refractivity (Wildman–Crippen MR) is 77.7 cm³/mol. The molecule has 0 aliphatic carbocycles. The van der Waals surface area contributed by atoms with E-state index < -0.39 is 5.60 Å². The quantitative estimate of drug-likeness (QED) is 0.794. The molecule has 1 atom stereocenters. The number of epoxide rings is 1. The van der Waals surface area contributed by atoms with Gasteiger partial charge < -0.3 is 14.4 Å². The van der Waals surface area contributed by atoms with E-state index in [0.29, 0.717) is 6.54 Å². The highest BCUT2D eigenvalue weighted by molar-refractivity contribution is 5.67. The Morgan fingerprint density at radius 1 is 1.45 bits per heavy atom. The van der Waals surface area contributed by atoms with Crippen molar-refractivity contribution in [2.75, 3.05) is 20.2 Å². The molecule has 1 saturated heterocycles. The van der Waals surface area contributed by atoms with Gasteiger partial charge in [-0.2, -0.15) is 0 Å². The highest BCUT2D eigenvalue weighted by Gasteiger charge is 2.24. The van der Waals surface area contributed by atoms with Gasteiger partial charge in [0.25, 0.3) is 0 Å². The van der Waals surface area contributed by atoms with Crippen molar-refractivity contribution in [1.29, 1.82) is 0 Å². The maximum atomic E-state index is 11.8. The van der Waals surface area contributed by atoms with Gasteiger partial charge in [-0.15, -0.1) is 0 Å². The first-order valence-corrected chi connectivity index (χ1v) is 7.00. The van der Waals surface area contributed by atoms with E-state index in [1.54, 1.807) is 11.9 Å². The van der Waals surface area contributed by atoms with Gasteiger partial charge in [-0.05, 0) is 38.3 Å². The Morgan fingerprint density at radius 2 is 2.15 bits per heavy atom. The van der Waals surface area contributed by atoms with Gasteiger partial charge in [0.15, 0.2) is 0 Å². The molecule has 1 aromatic rings. The standard InChI is InChI=1S/C16H23NO3/c1-16(2,3)20-15(18)17(4)9-8-12-6-5-7-13(10-12)14-11-19-14/h5-7,10,14H,8-9,11H2,1-4H3. The summed E-state index contributed by atoms with van der Waals surface area (Å²) in [6.07, 6.45) is 0.814. The van der Waals surface area contributed by atoms with Crippen LogP contribution in [0.5, 0.6) is 0 Å². The van der Waals surface area contributed by atoms with Crippen LogP contribution in [0.1, 0.15) is 38.0 Å². The number of likely N-dealkylation sites (N-methyl/N-ethyl adjacent to an activating group) is 1. The molecule has 0 spiro atoms. The monoisotopic (exact) mass is 277 g/mol. The van der Waals surface area contributed by atoms with Crippen molar-refractivity contribution in [3.8, 4) is 0 Å². The van der Waals surface area contributed by atoms with Crippen molar-refractivity contribution in [3.05, 3.63) is 35.4 Å². The summed E-state index contributed by atoms with van der Waals surface area (Å²) < 4.78 is 10.6. The number of hydrogen-bond donors (Lipinski definition) is 0. The lowest BCUT2D eigenvalue weighted by molar-refractivity contribution is 0.0301. The zero-order valence-corrected chi connectivity index (χ0v) is 12.7. The first-order valence-electron chi connectivity index (χ1n) is 7.00. The molecular formula is C16H23NO3. The molecule has 1 aliphatic rings. The highest BCUT2D eigenvalue weighted by atomic mass is 16.6. The first-order chi connectivity index (χ1) is 9.35. The minimum Gasteiger partial charge on any atom is -0.444 e. The number of rotatable bonds is 4. The second kappa shape index (κ2) is 5.83. The van der Waals surface area contributed by atoms with Crippen molar-refractivity contribution >= 4 is 6.09 Å². The lowest BCUT2D eigenvalue weighted by atomic mass is 10.1. The summed E-state index contributed by atoms with van der Waals surface area (Å²) in [5.41, 5.74) is 1.99. The van der Waals surface area contributed by atoms with E-state index in [1.807, 2.05) is 26.8 Å². The lowest BCUT2D eigenvalue weighted by Gasteiger charge is -2.24. The maximum absolute atomic E-state index is 11.8. The number of amides is 1. The Balaban J connectivity index is 1.85. The summed E-state index contributed by atoms with van der Waals surface area (Å²) in [5, 5.41) is 0. The van der Waals surface area contributed by atoms with E-state index in [4.69, 9.17) is 9.47 Å². The molecule has 110 valence electrons. The third kappa shape index (κ3) is 4.53. The molecule has 1 unspecified atom stereocenters. The van der Waals surface area contributed by atoms with E-state index in [9.17, 15) is 4.79 Å². The van der Waals surface area contributed by atoms with Gasteiger partial charge >= 0.3 is 6.09 Å². The zero-order valence-electron chi connectivity index (χ0n) is 12.7. The fraction of sp³-hybridized carbons (Fsp3) is 0.562. The van der Waals surface area contributed by atoms with Crippen LogP contribution in [-0.4, -0.2) is 36.8 Å². The van der Waals surface area contributed by atoms with Crippen molar-refractivity contribution in [2.45, 2.75) is 38.9 Å². The van der Waals surface area contributed by atoms with Gasteiger partial charge in [0, 0.05) is 13.6 Å². The molecule has 1 aliphatic heterocycles. The van der Waals surface area contributed by atoms with Crippen LogP contribution < -0.4 is 0 Å². The molecule has 0 N–H and O–H groups in total. The Morgan fingerprint density at radius 3 is 2.75 bits per heavy atom. The molecule has 0 saturated carbocycles. The molecule has 4 nitrogen and oxygen atoms in total. The average Bonchev–Trinajstić information content (AvgIpc) is 3.18. The number of hydrogen-bond acceptors (Lipinski definition) is 3. The molecule has 0 radical (unpaired) electrons. The fourth-order valence-corrected chi connectivity index (χ4v) is 1.92. The second-order valence-corrected chi connectivity index (χ2v) is 6.22.